The molecular weight excluding hydrogens is 348 g/mol. The highest BCUT2D eigenvalue weighted by Crippen LogP contribution is 2.40. The number of ketones is 1. The Balaban J connectivity index is 1.68. The van der Waals surface area contributed by atoms with Crippen molar-refractivity contribution in [2.75, 3.05) is 5.75 Å². The zero-order valence-electron chi connectivity index (χ0n) is 12.9. The topological polar surface area (TPSA) is 90.9 Å². The second kappa shape index (κ2) is 7.36. The first kappa shape index (κ1) is 17.0. The molecule has 126 valence electrons. The van der Waals surface area contributed by atoms with Crippen molar-refractivity contribution in [2.24, 2.45) is 5.73 Å². The van der Waals surface area contributed by atoms with Crippen molar-refractivity contribution in [1.29, 1.82) is 0 Å². The zero-order chi connectivity index (χ0) is 17.1. The molecular formula is C16H17ClN4O2S. The second-order valence-corrected chi connectivity index (χ2v) is 7.08. The summed E-state index contributed by atoms with van der Waals surface area (Å²) in [5, 5.41) is 9.67. The van der Waals surface area contributed by atoms with Crippen LogP contribution in [0.2, 0.25) is 5.02 Å². The van der Waals surface area contributed by atoms with Crippen LogP contribution in [-0.4, -0.2) is 32.2 Å². The van der Waals surface area contributed by atoms with E-state index >= 15 is 0 Å². The number of nitrogens with zero attached hydrogens (tertiary/aromatic N) is 3. The lowest BCUT2D eigenvalue weighted by Crippen LogP contribution is -2.16. The van der Waals surface area contributed by atoms with Gasteiger partial charge in [0.1, 0.15) is 5.82 Å². The summed E-state index contributed by atoms with van der Waals surface area (Å²) in [5.41, 5.74) is 5.86. The lowest BCUT2D eigenvalue weighted by atomic mass is 10.1. The van der Waals surface area contributed by atoms with Crippen LogP contribution in [0.15, 0.2) is 29.4 Å². The molecule has 2 aromatic rings. The number of benzene rings is 1. The van der Waals surface area contributed by atoms with E-state index in [0.717, 1.165) is 18.7 Å². The Morgan fingerprint density at radius 2 is 1.96 bits per heavy atom. The predicted octanol–water partition coefficient (Wildman–Crippen LogP) is 2.66. The first-order chi connectivity index (χ1) is 11.5. The van der Waals surface area contributed by atoms with Crippen molar-refractivity contribution in [3.05, 3.63) is 40.7 Å². The van der Waals surface area contributed by atoms with Crippen LogP contribution >= 0.6 is 23.4 Å². The molecule has 2 N–H and O–H groups in total. The van der Waals surface area contributed by atoms with Crippen molar-refractivity contribution >= 4 is 35.1 Å². The van der Waals surface area contributed by atoms with Gasteiger partial charge in [-0.2, -0.15) is 0 Å². The van der Waals surface area contributed by atoms with Crippen LogP contribution in [0.5, 0.6) is 0 Å². The molecule has 1 aliphatic carbocycles. The average molecular weight is 365 g/mol. The van der Waals surface area contributed by atoms with Gasteiger partial charge in [-0.15, -0.1) is 10.2 Å². The number of primary amides is 1. The van der Waals surface area contributed by atoms with Gasteiger partial charge in [-0.25, -0.2) is 0 Å². The Hall–Kier alpha value is -1.86. The van der Waals surface area contributed by atoms with E-state index in [1.54, 1.807) is 24.3 Å². The molecule has 1 aromatic carbocycles. The molecule has 0 saturated heterocycles. The van der Waals surface area contributed by atoms with Gasteiger partial charge in [-0.1, -0.05) is 23.4 Å². The van der Waals surface area contributed by atoms with Gasteiger partial charge in [0.2, 0.25) is 5.91 Å². The van der Waals surface area contributed by atoms with Gasteiger partial charge in [0.15, 0.2) is 10.9 Å². The highest BCUT2D eigenvalue weighted by atomic mass is 35.5. The molecule has 0 unspecified atom stereocenters. The third-order valence-corrected chi connectivity index (χ3v) is 4.99. The molecule has 8 heteroatoms. The van der Waals surface area contributed by atoms with Crippen molar-refractivity contribution in [3.63, 3.8) is 0 Å². The molecule has 0 spiro atoms. The van der Waals surface area contributed by atoms with Crippen molar-refractivity contribution < 1.29 is 9.59 Å². The molecule has 24 heavy (non-hydrogen) atoms. The van der Waals surface area contributed by atoms with E-state index in [1.807, 2.05) is 4.57 Å². The molecule has 0 aliphatic heterocycles. The number of carbonyl (C=O) groups excluding carboxylic acids is 2. The molecule has 0 radical (unpaired) electrons. The number of Topliss-reactive ketones (excluding diaryl/α,β-unsaturated/α-hetero) is 1. The number of nitrogens with two attached hydrogens (primary N) is 1. The van der Waals surface area contributed by atoms with E-state index in [4.69, 9.17) is 17.3 Å². The molecule has 1 heterocycles. The van der Waals surface area contributed by atoms with Gasteiger partial charge in [0.05, 0.1) is 5.75 Å². The normalized spacial score (nSPS) is 13.9. The maximum Gasteiger partial charge on any atom is 0.219 e. The van der Waals surface area contributed by atoms with Gasteiger partial charge < -0.3 is 10.3 Å². The van der Waals surface area contributed by atoms with Crippen LogP contribution < -0.4 is 5.73 Å². The van der Waals surface area contributed by atoms with E-state index in [1.165, 1.54) is 11.8 Å². The van der Waals surface area contributed by atoms with Gasteiger partial charge in [-0.3, -0.25) is 9.59 Å². The Kier molecular flexibility index (Phi) is 5.20. The minimum atomic E-state index is -0.362. The molecule has 1 aliphatic rings. The Labute approximate surface area is 148 Å². The fraction of sp³-hybridized carbons (Fsp3) is 0.375. The number of rotatable bonds is 8. The number of aromatic nitrogens is 3. The maximum absolute atomic E-state index is 12.3. The molecule has 0 atom stereocenters. The summed E-state index contributed by atoms with van der Waals surface area (Å²) < 4.78 is 1.92. The fourth-order valence-corrected chi connectivity index (χ4v) is 3.32. The van der Waals surface area contributed by atoms with E-state index in [0.29, 0.717) is 28.2 Å². The second-order valence-electron chi connectivity index (χ2n) is 5.70. The quantitative estimate of drug-likeness (QED) is 0.574. The molecule has 0 bridgehead atoms. The van der Waals surface area contributed by atoms with E-state index in [-0.39, 0.29) is 23.9 Å². The van der Waals surface area contributed by atoms with Crippen LogP contribution in [-0.2, 0) is 11.3 Å². The first-order valence-electron chi connectivity index (χ1n) is 7.67. The third-order valence-electron chi connectivity index (χ3n) is 3.77. The monoisotopic (exact) mass is 364 g/mol. The third kappa shape index (κ3) is 4.15. The molecule has 1 fully saturated rings. The molecule has 1 aromatic heterocycles. The minimum absolute atomic E-state index is 0.00547. The fourth-order valence-electron chi connectivity index (χ4n) is 2.33. The Bertz CT molecular complexity index is 756. The number of thioether (sulfide) groups is 1. The van der Waals surface area contributed by atoms with Gasteiger partial charge in [0.25, 0.3) is 0 Å². The van der Waals surface area contributed by atoms with Crippen LogP contribution in [0, 0.1) is 0 Å². The lowest BCUT2D eigenvalue weighted by molar-refractivity contribution is -0.118. The van der Waals surface area contributed by atoms with Gasteiger partial charge in [0, 0.05) is 29.5 Å². The summed E-state index contributed by atoms with van der Waals surface area (Å²) in [4.78, 5) is 23.3. The predicted molar refractivity (Wildman–Crippen MR) is 92.3 cm³/mol. The SMILES string of the molecule is NC(=O)CCn1c(SCC(=O)c2ccc(Cl)cc2)nnc1C1CC1. The number of carbonyl (C=O) groups is 2. The minimum Gasteiger partial charge on any atom is -0.370 e. The Morgan fingerprint density at radius 1 is 1.25 bits per heavy atom. The van der Waals surface area contributed by atoms with Gasteiger partial charge >= 0.3 is 0 Å². The van der Waals surface area contributed by atoms with Crippen LogP contribution in [0.1, 0.15) is 41.4 Å². The highest BCUT2D eigenvalue weighted by molar-refractivity contribution is 7.99. The van der Waals surface area contributed by atoms with Crippen LogP contribution in [0.4, 0.5) is 0 Å². The van der Waals surface area contributed by atoms with Crippen LogP contribution in [0.25, 0.3) is 0 Å². The number of amides is 1. The van der Waals surface area contributed by atoms with Crippen molar-refractivity contribution in [3.8, 4) is 0 Å². The summed E-state index contributed by atoms with van der Waals surface area (Å²) in [6.45, 7) is 0.450. The molecule has 3 rings (SSSR count). The Morgan fingerprint density at radius 3 is 2.58 bits per heavy atom. The first-order valence-corrected chi connectivity index (χ1v) is 9.04. The highest BCUT2D eigenvalue weighted by Gasteiger charge is 2.30. The summed E-state index contributed by atoms with van der Waals surface area (Å²) >= 11 is 7.16. The molecule has 1 amide bonds. The average Bonchev–Trinajstić information content (AvgIpc) is 3.32. The zero-order valence-corrected chi connectivity index (χ0v) is 14.5. The summed E-state index contributed by atoms with van der Waals surface area (Å²) in [6.07, 6.45) is 2.41. The summed E-state index contributed by atoms with van der Waals surface area (Å²) in [6, 6.07) is 6.80. The van der Waals surface area contributed by atoms with E-state index < -0.39 is 0 Å². The smallest absolute Gasteiger partial charge is 0.219 e. The number of hydrogen-bond donors (Lipinski definition) is 1. The number of halogens is 1. The van der Waals surface area contributed by atoms with Crippen molar-refractivity contribution in [1.82, 2.24) is 14.8 Å². The largest absolute Gasteiger partial charge is 0.370 e. The summed E-state index contributed by atoms with van der Waals surface area (Å²) in [5.74, 6) is 1.18. The van der Waals surface area contributed by atoms with Crippen molar-refractivity contribution in [2.45, 2.75) is 36.9 Å². The summed E-state index contributed by atoms with van der Waals surface area (Å²) in [7, 11) is 0. The van der Waals surface area contributed by atoms with E-state index in [2.05, 4.69) is 10.2 Å². The molecule has 6 nitrogen and oxygen atoms in total. The maximum atomic E-state index is 12.3. The number of hydrogen-bond acceptors (Lipinski definition) is 5. The van der Waals surface area contributed by atoms with E-state index in [9.17, 15) is 9.59 Å². The van der Waals surface area contributed by atoms with Gasteiger partial charge in [-0.05, 0) is 37.1 Å². The standard InChI is InChI=1S/C16H17ClN4O2S/c17-12-5-3-10(4-6-12)13(22)9-24-16-20-19-15(11-1-2-11)21(16)8-7-14(18)23/h3-6,11H,1-2,7-9H2,(H2,18,23). The lowest BCUT2D eigenvalue weighted by Gasteiger charge is -2.08. The molecule has 1 saturated carbocycles. The van der Waals surface area contributed by atoms with Crippen LogP contribution in [0.3, 0.4) is 0 Å².